The van der Waals surface area contributed by atoms with Crippen molar-refractivity contribution in [1.29, 1.82) is 0 Å². The fraction of sp³-hybridized carbons (Fsp3) is 0.857. The second kappa shape index (κ2) is 6.14. The molecule has 54 valence electrons. The van der Waals surface area contributed by atoms with E-state index in [-0.39, 0.29) is 5.25 Å². The van der Waals surface area contributed by atoms with E-state index in [4.69, 9.17) is 0 Å². The Kier molecular flexibility index (Phi) is 6.16. The predicted molar refractivity (Wildman–Crippen MR) is 42.9 cm³/mol. The van der Waals surface area contributed by atoms with Gasteiger partial charge in [0.1, 0.15) is 6.29 Å². The molecule has 0 aliphatic heterocycles. The number of hydrogen-bond donors (Lipinski definition) is 0. The predicted octanol–water partition coefficient (Wildman–Crippen LogP) is 2.11. The number of rotatable bonds is 5. The van der Waals surface area contributed by atoms with Crippen LogP contribution in [0.1, 0.15) is 26.2 Å². The quantitative estimate of drug-likeness (QED) is 0.552. The van der Waals surface area contributed by atoms with E-state index >= 15 is 0 Å². The molecule has 0 saturated heterocycles. The van der Waals surface area contributed by atoms with E-state index < -0.39 is 0 Å². The lowest BCUT2D eigenvalue weighted by atomic mass is 10.2. The Morgan fingerprint density at radius 2 is 2.33 bits per heavy atom. The van der Waals surface area contributed by atoms with Gasteiger partial charge in [0, 0.05) is 0 Å². The normalized spacial score (nSPS) is 13.1. The Hall–Kier alpha value is 0.0200. The third-order valence-corrected chi connectivity index (χ3v) is 2.25. The molecule has 0 aromatic rings. The van der Waals surface area contributed by atoms with Gasteiger partial charge in [-0.05, 0) is 12.7 Å². The number of carbonyl (C=O) groups is 1. The average molecular weight is 146 g/mol. The highest BCUT2D eigenvalue weighted by atomic mass is 32.2. The zero-order valence-electron chi connectivity index (χ0n) is 6.09. The molecule has 9 heavy (non-hydrogen) atoms. The minimum Gasteiger partial charge on any atom is -0.302 e. The molecule has 1 nitrogen and oxygen atoms in total. The first-order chi connectivity index (χ1) is 4.35. The lowest BCUT2D eigenvalue weighted by Gasteiger charge is -2.02. The van der Waals surface area contributed by atoms with Gasteiger partial charge in [-0.25, -0.2) is 0 Å². The van der Waals surface area contributed by atoms with E-state index in [9.17, 15) is 4.79 Å². The minimum atomic E-state index is 0.241. The molecule has 0 saturated carbocycles. The summed E-state index contributed by atoms with van der Waals surface area (Å²) in [6, 6.07) is 0. The van der Waals surface area contributed by atoms with Crippen LogP contribution in [0.5, 0.6) is 0 Å². The highest BCUT2D eigenvalue weighted by molar-refractivity contribution is 7.99. The van der Waals surface area contributed by atoms with Crippen LogP contribution in [0, 0.1) is 0 Å². The fourth-order valence-electron chi connectivity index (χ4n) is 0.647. The summed E-state index contributed by atoms with van der Waals surface area (Å²) in [6.45, 7) is 2.14. The summed E-state index contributed by atoms with van der Waals surface area (Å²) in [5, 5.41) is 0.241. The molecule has 0 amide bonds. The van der Waals surface area contributed by atoms with E-state index in [0.29, 0.717) is 0 Å². The summed E-state index contributed by atoms with van der Waals surface area (Å²) < 4.78 is 0. The van der Waals surface area contributed by atoms with Crippen molar-refractivity contribution in [3.05, 3.63) is 0 Å². The van der Waals surface area contributed by atoms with Crippen LogP contribution in [0.3, 0.4) is 0 Å². The molecule has 1 atom stereocenters. The Morgan fingerprint density at radius 1 is 1.67 bits per heavy atom. The van der Waals surface area contributed by atoms with E-state index in [1.807, 2.05) is 6.26 Å². The van der Waals surface area contributed by atoms with Crippen LogP contribution in [0.25, 0.3) is 0 Å². The smallest absolute Gasteiger partial charge is 0.132 e. The molecule has 0 aromatic carbocycles. The van der Waals surface area contributed by atoms with E-state index in [2.05, 4.69) is 6.92 Å². The highest BCUT2D eigenvalue weighted by Crippen LogP contribution is 2.10. The zero-order valence-corrected chi connectivity index (χ0v) is 6.91. The Labute approximate surface area is 61.2 Å². The van der Waals surface area contributed by atoms with Crippen molar-refractivity contribution in [3.8, 4) is 0 Å². The molecule has 0 aromatic heterocycles. The van der Waals surface area contributed by atoms with Gasteiger partial charge < -0.3 is 4.79 Å². The maximum absolute atomic E-state index is 10.2. The molecule has 0 N–H and O–H groups in total. The third-order valence-electron chi connectivity index (χ3n) is 1.30. The number of thioether (sulfide) groups is 1. The molecule has 0 heterocycles. The summed E-state index contributed by atoms with van der Waals surface area (Å²) in [5.41, 5.74) is 0. The zero-order chi connectivity index (χ0) is 7.11. The number of carbonyl (C=O) groups excluding carboxylic acids is 1. The van der Waals surface area contributed by atoms with Gasteiger partial charge in [-0.15, -0.1) is 0 Å². The molecule has 0 bridgehead atoms. The molecule has 0 aliphatic rings. The maximum Gasteiger partial charge on any atom is 0.132 e. The van der Waals surface area contributed by atoms with E-state index in [1.54, 1.807) is 11.8 Å². The van der Waals surface area contributed by atoms with Crippen molar-refractivity contribution in [2.45, 2.75) is 31.4 Å². The van der Waals surface area contributed by atoms with Crippen molar-refractivity contribution in [2.24, 2.45) is 0 Å². The van der Waals surface area contributed by atoms with Gasteiger partial charge in [0.25, 0.3) is 0 Å². The van der Waals surface area contributed by atoms with Crippen molar-refractivity contribution in [3.63, 3.8) is 0 Å². The number of aldehydes is 1. The van der Waals surface area contributed by atoms with Crippen LogP contribution in [-0.2, 0) is 4.79 Å². The molecule has 0 spiro atoms. The highest BCUT2D eigenvalue weighted by Gasteiger charge is 2.01. The van der Waals surface area contributed by atoms with Crippen LogP contribution < -0.4 is 0 Å². The molecular weight excluding hydrogens is 132 g/mol. The summed E-state index contributed by atoms with van der Waals surface area (Å²) in [4.78, 5) is 10.2. The van der Waals surface area contributed by atoms with Gasteiger partial charge in [0.15, 0.2) is 0 Å². The van der Waals surface area contributed by atoms with Gasteiger partial charge in [-0.2, -0.15) is 11.8 Å². The van der Waals surface area contributed by atoms with E-state index in [1.165, 1.54) is 12.8 Å². The summed E-state index contributed by atoms with van der Waals surface area (Å²) in [5.74, 6) is 0. The first-order valence-electron chi connectivity index (χ1n) is 3.33. The van der Waals surface area contributed by atoms with Crippen molar-refractivity contribution in [1.82, 2.24) is 0 Å². The minimum absolute atomic E-state index is 0.241. The topological polar surface area (TPSA) is 17.1 Å². The van der Waals surface area contributed by atoms with Crippen LogP contribution in [0.4, 0.5) is 0 Å². The number of hydrogen-bond acceptors (Lipinski definition) is 2. The van der Waals surface area contributed by atoms with Gasteiger partial charge in [0.2, 0.25) is 0 Å². The largest absolute Gasteiger partial charge is 0.302 e. The molecular formula is C7H14OS. The molecule has 0 radical (unpaired) electrons. The van der Waals surface area contributed by atoms with Crippen LogP contribution >= 0.6 is 11.8 Å². The first kappa shape index (κ1) is 9.02. The summed E-state index contributed by atoms with van der Waals surface area (Å²) in [7, 11) is 0. The van der Waals surface area contributed by atoms with Gasteiger partial charge in [-0.3, -0.25) is 0 Å². The third kappa shape index (κ3) is 4.52. The maximum atomic E-state index is 10.2. The van der Waals surface area contributed by atoms with Gasteiger partial charge in [-0.1, -0.05) is 19.8 Å². The second-order valence-corrected chi connectivity index (χ2v) is 3.13. The number of unbranched alkanes of at least 4 members (excludes halogenated alkanes) is 1. The van der Waals surface area contributed by atoms with Crippen LogP contribution in [-0.4, -0.2) is 17.8 Å². The van der Waals surface area contributed by atoms with Crippen molar-refractivity contribution in [2.75, 3.05) is 6.26 Å². The average Bonchev–Trinajstić information content (AvgIpc) is 1.91. The lowest BCUT2D eigenvalue weighted by molar-refractivity contribution is -0.107. The Morgan fingerprint density at radius 3 is 2.67 bits per heavy atom. The summed E-state index contributed by atoms with van der Waals surface area (Å²) >= 11 is 1.64. The molecule has 2 heteroatoms. The SMILES string of the molecule is CCCCC(C=O)SC. The molecule has 1 unspecified atom stereocenters. The Balaban J connectivity index is 3.20. The Bertz CT molecular complexity index is 73.3. The second-order valence-electron chi connectivity index (χ2n) is 2.05. The fourth-order valence-corrected chi connectivity index (χ4v) is 1.16. The van der Waals surface area contributed by atoms with E-state index in [0.717, 1.165) is 12.7 Å². The molecule has 0 aliphatic carbocycles. The molecule has 0 rings (SSSR count). The standard InChI is InChI=1S/C7H14OS/c1-3-4-5-7(6-8)9-2/h6-7H,3-5H2,1-2H3. The summed E-state index contributed by atoms with van der Waals surface area (Å²) in [6.07, 6.45) is 6.42. The monoisotopic (exact) mass is 146 g/mol. The molecule has 0 fully saturated rings. The van der Waals surface area contributed by atoms with Crippen molar-refractivity contribution >= 4 is 18.0 Å². The van der Waals surface area contributed by atoms with Gasteiger partial charge in [0.05, 0.1) is 5.25 Å². The van der Waals surface area contributed by atoms with Crippen LogP contribution in [0.15, 0.2) is 0 Å². The van der Waals surface area contributed by atoms with Gasteiger partial charge >= 0.3 is 0 Å². The van der Waals surface area contributed by atoms with Crippen LogP contribution in [0.2, 0.25) is 0 Å². The van der Waals surface area contributed by atoms with Crippen molar-refractivity contribution < 1.29 is 4.79 Å². The first-order valence-corrected chi connectivity index (χ1v) is 4.62. The lowest BCUT2D eigenvalue weighted by Crippen LogP contribution is -2.01.